The summed E-state index contributed by atoms with van der Waals surface area (Å²) in [5.41, 5.74) is 4.66. The fourth-order valence-electron chi connectivity index (χ4n) is 5.90. The molecule has 272 valence electrons. The summed E-state index contributed by atoms with van der Waals surface area (Å²) in [7, 11) is -4.28. The number of amides is 2. The second-order valence-corrected chi connectivity index (χ2v) is 14.3. The minimum absolute atomic E-state index is 0.0417. The van der Waals surface area contributed by atoms with Gasteiger partial charge in [-0.1, -0.05) is 30.3 Å². The number of ether oxygens (including phenoxy) is 1. The molecule has 0 saturated carbocycles. The van der Waals surface area contributed by atoms with Crippen LogP contribution >= 0.6 is 8.17 Å². The molecule has 12 heteroatoms. The zero-order chi connectivity index (χ0) is 36.2. The molecule has 0 aliphatic carbocycles. The maximum atomic E-state index is 14.0. The molecule has 1 atom stereocenters. The van der Waals surface area contributed by atoms with Gasteiger partial charge < -0.3 is 0 Å². The Morgan fingerprint density at radius 2 is 1.48 bits per heavy atom. The van der Waals surface area contributed by atoms with Gasteiger partial charge in [-0.3, -0.25) is 0 Å². The van der Waals surface area contributed by atoms with Crippen LogP contribution in [0.15, 0.2) is 126 Å². The Morgan fingerprint density at radius 3 is 2.13 bits per heavy atom. The van der Waals surface area contributed by atoms with E-state index >= 15 is 0 Å². The van der Waals surface area contributed by atoms with Gasteiger partial charge in [0.15, 0.2) is 0 Å². The van der Waals surface area contributed by atoms with E-state index in [0.29, 0.717) is 34.9 Å². The van der Waals surface area contributed by atoms with Crippen LogP contribution < -0.4 is 10.1 Å². The van der Waals surface area contributed by atoms with Crippen LogP contribution in [0.5, 0.6) is 5.75 Å². The van der Waals surface area contributed by atoms with Crippen molar-refractivity contribution in [3.05, 3.63) is 144 Å². The van der Waals surface area contributed by atoms with Crippen LogP contribution in [0.25, 0.3) is 11.3 Å². The van der Waals surface area contributed by atoms with E-state index < -0.39 is 32.8 Å². The number of rotatable bonds is 16. The second-order valence-electron chi connectivity index (χ2n) is 12.4. The van der Waals surface area contributed by atoms with Crippen molar-refractivity contribution in [3.63, 3.8) is 0 Å². The molecule has 1 unspecified atom stereocenters. The Hall–Kier alpha value is -5.03. The third-order valence-electron chi connectivity index (χ3n) is 8.73. The van der Waals surface area contributed by atoms with E-state index in [9.17, 15) is 19.6 Å². The van der Waals surface area contributed by atoms with Gasteiger partial charge in [-0.05, 0) is 24.8 Å². The quantitative estimate of drug-likeness (QED) is 0.0676. The number of carbonyl (C=O) groups is 2. The normalized spacial score (nSPS) is 14.7. The van der Waals surface area contributed by atoms with Crippen LogP contribution in [-0.2, 0) is 44.5 Å². The van der Waals surface area contributed by atoms with Crippen LogP contribution in [0.2, 0.25) is 0 Å². The van der Waals surface area contributed by atoms with Crippen LogP contribution in [0.4, 0.5) is 10.5 Å². The first-order valence-electron chi connectivity index (χ1n) is 17.3. The Labute approximate surface area is 303 Å². The van der Waals surface area contributed by atoms with Crippen LogP contribution in [0.1, 0.15) is 41.5 Å². The Morgan fingerprint density at radius 1 is 0.808 bits per heavy atom. The van der Waals surface area contributed by atoms with Crippen molar-refractivity contribution in [1.82, 2.24) is 4.90 Å². The zero-order valence-electron chi connectivity index (χ0n) is 28.7. The van der Waals surface area contributed by atoms with Gasteiger partial charge in [0.25, 0.3) is 0 Å². The summed E-state index contributed by atoms with van der Waals surface area (Å²) in [5, 5.41) is 13.2. The number of fused-ring (bicyclic) bond motifs is 1. The van der Waals surface area contributed by atoms with E-state index in [1.54, 1.807) is 60.9 Å². The van der Waals surface area contributed by atoms with Gasteiger partial charge in [0.2, 0.25) is 0 Å². The summed E-state index contributed by atoms with van der Waals surface area (Å²) >= 11 is 0. The molecule has 2 heterocycles. The Bertz CT molecular complexity index is 1860. The maximum absolute atomic E-state index is 14.0. The fraction of sp³-hybridized carbons (Fsp3) is 0.250. The first-order valence-corrected chi connectivity index (χ1v) is 18.9. The molecule has 0 radical (unpaired) electrons. The number of nitrogens with zero attached hydrogens (tertiary/aromatic N) is 1. The summed E-state index contributed by atoms with van der Waals surface area (Å²) in [6, 6.07) is 34.1. The molecular formula is C40H43N2O9P. The molecule has 0 spiro atoms. The van der Waals surface area contributed by atoms with Crippen molar-refractivity contribution in [2.24, 2.45) is 0 Å². The van der Waals surface area contributed by atoms with Crippen molar-refractivity contribution in [3.8, 4) is 17.1 Å². The van der Waals surface area contributed by atoms with Gasteiger partial charge in [0.1, 0.15) is 0 Å². The van der Waals surface area contributed by atoms with Gasteiger partial charge in [0.05, 0.1) is 0 Å². The summed E-state index contributed by atoms with van der Waals surface area (Å²) < 4.78 is 29.1. The average Bonchev–Trinajstić information content (AvgIpc) is 3.65. The predicted molar refractivity (Wildman–Crippen MR) is 199 cm³/mol. The van der Waals surface area contributed by atoms with Crippen molar-refractivity contribution in [2.45, 2.75) is 51.5 Å². The Balaban J connectivity index is 1.16. The van der Waals surface area contributed by atoms with Gasteiger partial charge in [-0.15, -0.1) is 0 Å². The van der Waals surface area contributed by atoms with Crippen molar-refractivity contribution >= 4 is 25.9 Å². The molecule has 0 bridgehead atoms. The molecule has 1 aromatic heterocycles. The van der Waals surface area contributed by atoms with Crippen LogP contribution in [0, 0.1) is 0 Å². The molecule has 6 rings (SSSR count). The van der Waals surface area contributed by atoms with Gasteiger partial charge in [-0.25, -0.2) is 0 Å². The van der Waals surface area contributed by atoms with Crippen LogP contribution in [0.3, 0.4) is 0 Å². The number of furan rings is 1. The van der Waals surface area contributed by atoms with E-state index in [4.69, 9.17) is 22.7 Å². The number of hydrogen-bond acceptors (Lipinski definition) is 8. The molecule has 0 saturated heterocycles. The molecule has 0 fully saturated rings. The van der Waals surface area contributed by atoms with E-state index in [0.717, 1.165) is 41.7 Å². The number of aryl methyl sites for hydroxylation is 1. The number of carbonyl (C=O) groups excluding carboxylic acids is 1. The number of benzene rings is 4. The SMILES string of the molecule is O=C(Nc1ccc(OCCCCCc2ccccc2)c(-c2ccco2)c1)C(CO[PH]1(O)OCc2ccccc2CO1)N(Cc1ccccc1)C(=O)O. The topological polar surface area (TPSA) is 140 Å². The molecule has 1 aliphatic rings. The fourth-order valence-corrected chi connectivity index (χ4v) is 7.20. The minimum atomic E-state index is -4.28. The number of anilines is 1. The molecule has 3 N–H and O–H groups in total. The molecule has 11 nitrogen and oxygen atoms in total. The molecule has 52 heavy (non-hydrogen) atoms. The summed E-state index contributed by atoms with van der Waals surface area (Å²) in [5.74, 6) is 0.456. The van der Waals surface area contributed by atoms with E-state index in [1.807, 2.05) is 36.4 Å². The van der Waals surface area contributed by atoms with Crippen molar-refractivity contribution in [2.75, 3.05) is 18.5 Å². The third-order valence-corrected chi connectivity index (χ3v) is 10.3. The van der Waals surface area contributed by atoms with E-state index in [2.05, 4.69) is 29.6 Å². The average molecular weight is 727 g/mol. The summed E-state index contributed by atoms with van der Waals surface area (Å²) in [6.07, 6.45) is 4.15. The van der Waals surface area contributed by atoms with E-state index in [-0.39, 0.29) is 19.8 Å². The zero-order valence-corrected chi connectivity index (χ0v) is 29.7. The number of hydrogen-bond donors (Lipinski definition) is 3. The molecule has 1 aliphatic heterocycles. The first kappa shape index (κ1) is 36.8. The number of unbranched alkanes of at least 4 members (excludes halogenated alkanes) is 2. The number of carboxylic acid groups (broad SMARTS) is 1. The van der Waals surface area contributed by atoms with Crippen molar-refractivity contribution < 1.29 is 42.3 Å². The molecule has 2 amide bonds. The monoisotopic (exact) mass is 726 g/mol. The van der Waals surface area contributed by atoms with Crippen molar-refractivity contribution in [1.29, 1.82) is 0 Å². The second kappa shape index (κ2) is 17.9. The van der Waals surface area contributed by atoms with Gasteiger partial charge >= 0.3 is 249 Å². The first-order chi connectivity index (χ1) is 25.4. The molecule has 4 aromatic carbocycles. The predicted octanol–water partition coefficient (Wildman–Crippen LogP) is 8.39. The van der Waals surface area contributed by atoms with Gasteiger partial charge in [-0.2, -0.15) is 0 Å². The number of nitrogens with one attached hydrogen (secondary N) is 1. The van der Waals surface area contributed by atoms with E-state index in [1.165, 1.54) is 5.56 Å². The van der Waals surface area contributed by atoms with Crippen LogP contribution in [-0.4, -0.2) is 46.2 Å². The molecule has 5 aromatic rings. The standard InChI is InChI=1S/C40H43N2O9P/c43-39(41-34-21-22-38(35(25-34)37-20-12-24-48-37)47-23-11-3-8-15-30-13-4-1-5-14-30)36(42(40(44)45)26-31-16-6-2-7-17-31)29-51-52(46)49-27-32-18-9-10-19-33(32)28-50-52/h1-2,4-7,9-10,12-14,16-22,24-25,36,46,52H,3,8,11,15,23,26-29H2,(H,41,43)(H,44,45). The third kappa shape index (κ3) is 10.1. The summed E-state index contributed by atoms with van der Waals surface area (Å²) in [6.45, 7) is -0.0517. The summed E-state index contributed by atoms with van der Waals surface area (Å²) in [4.78, 5) is 38.9. The molecular weight excluding hydrogens is 683 g/mol. The van der Waals surface area contributed by atoms with Gasteiger partial charge in [0, 0.05) is 0 Å². The Kier molecular flexibility index (Phi) is 12.7.